The van der Waals surface area contributed by atoms with Crippen LogP contribution in [0.4, 0.5) is 0 Å². The Kier molecular flexibility index (Phi) is 4.77. The number of thiophene rings is 1. The van der Waals surface area contributed by atoms with E-state index in [0.717, 1.165) is 35.2 Å². The van der Waals surface area contributed by atoms with Gasteiger partial charge in [-0.1, -0.05) is 13.3 Å². The zero-order valence-electron chi connectivity index (χ0n) is 14.9. The van der Waals surface area contributed by atoms with E-state index in [1.54, 1.807) is 18.4 Å². The average molecular weight is 356 g/mol. The number of fused-ring (bicyclic) bond motifs is 1. The molecule has 5 heteroatoms. The molecule has 1 aromatic carbocycles. The number of ether oxygens (including phenoxy) is 1. The van der Waals surface area contributed by atoms with Gasteiger partial charge in [0.25, 0.3) is 0 Å². The molecule has 1 aliphatic rings. The van der Waals surface area contributed by atoms with Crippen LogP contribution in [0.15, 0.2) is 35.0 Å². The van der Waals surface area contributed by atoms with Crippen molar-refractivity contribution in [1.29, 1.82) is 0 Å². The number of methoxy groups -OCH3 is 1. The third-order valence-corrected chi connectivity index (χ3v) is 5.83. The molecule has 1 fully saturated rings. The van der Waals surface area contributed by atoms with Gasteiger partial charge < -0.3 is 9.30 Å². The number of imidazole rings is 1. The van der Waals surface area contributed by atoms with Crippen LogP contribution in [0.5, 0.6) is 5.75 Å². The molecule has 0 radical (unpaired) electrons. The van der Waals surface area contributed by atoms with Crippen molar-refractivity contribution >= 4 is 22.4 Å². The Morgan fingerprint density at radius 1 is 1.32 bits per heavy atom. The summed E-state index contributed by atoms with van der Waals surface area (Å²) in [4.78, 5) is 7.48. The van der Waals surface area contributed by atoms with Gasteiger partial charge in [0, 0.05) is 30.1 Å². The Bertz CT molecular complexity index is 840. The SMILES string of the molecule is CCCC1CCN(Cn2c(-c3ccsc3)nc3ccc(OC)cc32)C1. The van der Waals surface area contributed by atoms with E-state index in [0.29, 0.717) is 0 Å². The van der Waals surface area contributed by atoms with Crippen molar-refractivity contribution in [2.45, 2.75) is 32.9 Å². The molecule has 0 N–H and O–H groups in total. The van der Waals surface area contributed by atoms with E-state index in [2.05, 4.69) is 45.3 Å². The fourth-order valence-corrected chi connectivity index (χ4v) is 4.50. The van der Waals surface area contributed by atoms with E-state index in [1.807, 2.05) is 6.07 Å². The molecule has 1 atom stereocenters. The molecule has 0 bridgehead atoms. The molecule has 25 heavy (non-hydrogen) atoms. The topological polar surface area (TPSA) is 30.3 Å². The number of rotatable bonds is 6. The molecule has 0 aliphatic carbocycles. The summed E-state index contributed by atoms with van der Waals surface area (Å²) in [5, 5.41) is 4.30. The predicted molar refractivity (Wildman–Crippen MR) is 104 cm³/mol. The van der Waals surface area contributed by atoms with E-state index < -0.39 is 0 Å². The van der Waals surface area contributed by atoms with Crippen molar-refractivity contribution in [3.05, 3.63) is 35.0 Å². The van der Waals surface area contributed by atoms with Crippen LogP contribution in [0.3, 0.4) is 0 Å². The molecule has 1 unspecified atom stereocenters. The Morgan fingerprint density at radius 3 is 3.00 bits per heavy atom. The lowest BCUT2D eigenvalue weighted by molar-refractivity contribution is 0.263. The fraction of sp³-hybridized carbons (Fsp3) is 0.450. The van der Waals surface area contributed by atoms with Crippen LogP contribution >= 0.6 is 11.3 Å². The van der Waals surface area contributed by atoms with E-state index in [4.69, 9.17) is 9.72 Å². The second-order valence-corrected chi connectivity index (χ2v) is 7.67. The van der Waals surface area contributed by atoms with Crippen LogP contribution in [0, 0.1) is 5.92 Å². The number of nitrogens with zero attached hydrogens (tertiary/aromatic N) is 3. The highest BCUT2D eigenvalue weighted by atomic mass is 32.1. The van der Waals surface area contributed by atoms with Crippen LogP contribution in [0.1, 0.15) is 26.2 Å². The van der Waals surface area contributed by atoms with Gasteiger partial charge in [0.05, 0.1) is 24.8 Å². The van der Waals surface area contributed by atoms with E-state index in [1.165, 1.54) is 37.9 Å². The summed E-state index contributed by atoms with van der Waals surface area (Å²) < 4.78 is 7.80. The van der Waals surface area contributed by atoms with Crippen molar-refractivity contribution in [2.75, 3.05) is 20.2 Å². The van der Waals surface area contributed by atoms with Crippen molar-refractivity contribution in [1.82, 2.24) is 14.5 Å². The molecule has 0 spiro atoms. The lowest BCUT2D eigenvalue weighted by atomic mass is 10.0. The van der Waals surface area contributed by atoms with Crippen molar-refractivity contribution in [3.63, 3.8) is 0 Å². The fourth-order valence-electron chi connectivity index (χ4n) is 3.87. The number of likely N-dealkylation sites (tertiary alicyclic amines) is 1. The normalized spacial score (nSPS) is 18.2. The lowest BCUT2D eigenvalue weighted by Crippen LogP contribution is -2.24. The van der Waals surface area contributed by atoms with Gasteiger partial charge in [-0.3, -0.25) is 4.90 Å². The standard InChI is InChI=1S/C20H25N3OS/c1-3-4-15-7-9-22(12-15)14-23-19-11-17(24-2)5-6-18(19)21-20(23)16-8-10-25-13-16/h5-6,8,10-11,13,15H,3-4,7,9,12,14H2,1-2H3. The van der Waals surface area contributed by atoms with Crippen molar-refractivity contribution < 1.29 is 4.74 Å². The maximum absolute atomic E-state index is 5.44. The van der Waals surface area contributed by atoms with Crippen LogP contribution in [0.2, 0.25) is 0 Å². The molecule has 3 aromatic rings. The number of benzene rings is 1. The quantitative estimate of drug-likeness (QED) is 0.633. The molecular formula is C20H25N3OS. The molecule has 2 aromatic heterocycles. The van der Waals surface area contributed by atoms with Crippen LogP contribution in [0.25, 0.3) is 22.4 Å². The summed E-state index contributed by atoms with van der Waals surface area (Å²) in [7, 11) is 1.72. The zero-order valence-corrected chi connectivity index (χ0v) is 15.8. The minimum absolute atomic E-state index is 0.846. The molecule has 3 heterocycles. The summed E-state index contributed by atoms with van der Waals surface area (Å²) in [6.07, 6.45) is 3.94. The number of hydrogen-bond acceptors (Lipinski definition) is 4. The highest BCUT2D eigenvalue weighted by molar-refractivity contribution is 7.08. The van der Waals surface area contributed by atoms with Crippen molar-refractivity contribution in [3.8, 4) is 17.1 Å². The van der Waals surface area contributed by atoms with Gasteiger partial charge in [-0.05, 0) is 42.3 Å². The summed E-state index contributed by atoms with van der Waals surface area (Å²) in [5.74, 6) is 2.79. The number of hydrogen-bond donors (Lipinski definition) is 0. The molecule has 1 aliphatic heterocycles. The second-order valence-electron chi connectivity index (χ2n) is 6.89. The summed E-state index contributed by atoms with van der Waals surface area (Å²) in [6.45, 7) is 5.56. The van der Waals surface area contributed by atoms with Gasteiger partial charge in [-0.2, -0.15) is 11.3 Å². The molecule has 1 saturated heterocycles. The molecule has 0 amide bonds. The van der Waals surface area contributed by atoms with Gasteiger partial charge in [-0.25, -0.2) is 4.98 Å². The number of aromatic nitrogens is 2. The molecule has 0 saturated carbocycles. The Balaban J connectivity index is 1.71. The van der Waals surface area contributed by atoms with Gasteiger partial charge in [-0.15, -0.1) is 0 Å². The predicted octanol–water partition coefficient (Wildman–Crippen LogP) is 4.85. The maximum atomic E-state index is 5.44. The molecule has 4 nitrogen and oxygen atoms in total. The summed E-state index contributed by atoms with van der Waals surface area (Å²) in [6, 6.07) is 8.32. The Hall–Kier alpha value is -1.85. The third kappa shape index (κ3) is 3.31. The highest BCUT2D eigenvalue weighted by Gasteiger charge is 2.23. The van der Waals surface area contributed by atoms with Gasteiger partial charge >= 0.3 is 0 Å². The first-order valence-corrected chi connectivity index (χ1v) is 10.0. The second kappa shape index (κ2) is 7.18. The van der Waals surface area contributed by atoms with Gasteiger partial charge in [0.2, 0.25) is 0 Å². The smallest absolute Gasteiger partial charge is 0.143 e. The van der Waals surface area contributed by atoms with E-state index >= 15 is 0 Å². The first-order chi connectivity index (χ1) is 12.3. The van der Waals surface area contributed by atoms with E-state index in [-0.39, 0.29) is 0 Å². The molecule has 4 rings (SSSR count). The van der Waals surface area contributed by atoms with Crippen LogP contribution in [-0.4, -0.2) is 34.7 Å². The molecular weight excluding hydrogens is 330 g/mol. The highest BCUT2D eigenvalue weighted by Crippen LogP contribution is 2.30. The zero-order chi connectivity index (χ0) is 17.2. The maximum Gasteiger partial charge on any atom is 0.143 e. The lowest BCUT2D eigenvalue weighted by Gasteiger charge is -2.19. The summed E-state index contributed by atoms with van der Waals surface area (Å²) in [5.41, 5.74) is 3.38. The monoisotopic (exact) mass is 355 g/mol. The minimum atomic E-state index is 0.846. The Morgan fingerprint density at radius 2 is 2.24 bits per heavy atom. The first kappa shape index (κ1) is 16.6. The average Bonchev–Trinajstić information content (AvgIpc) is 3.36. The van der Waals surface area contributed by atoms with Crippen LogP contribution < -0.4 is 4.74 Å². The third-order valence-electron chi connectivity index (χ3n) is 5.14. The van der Waals surface area contributed by atoms with Gasteiger partial charge in [0.1, 0.15) is 11.6 Å². The van der Waals surface area contributed by atoms with Gasteiger partial charge in [0.15, 0.2) is 0 Å². The van der Waals surface area contributed by atoms with E-state index in [9.17, 15) is 0 Å². The summed E-state index contributed by atoms with van der Waals surface area (Å²) >= 11 is 1.72. The Labute approximate surface area is 153 Å². The largest absolute Gasteiger partial charge is 0.497 e. The minimum Gasteiger partial charge on any atom is -0.497 e. The van der Waals surface area contributed by atoms with Crippen molar-refractivity contribution in [2.24, 2.45) is 5.92 Å². The van der Waals surface area contributed by atoms with Crippen LogP contribution in [-0.2, 0) is 6.67 Å². The molecule has 132 valence electrons. The first-order valence-electron chi connectivity index (χ1n) is 9.07.